The van der Waals surface area contributed by atoms with Crippen LogP contribution in [0.15, 0.2) is 64.5 Å². The first-order valence-corrected chi connectivity index (χ1v) is 12.4. The summed E-state index contributed by atoms with van der Waals surface area (Å²) in [5.41, 5.74) is 3.38. The molecule has 0 bridgehead atoms. The number of benzene rings is 2. The van der Waals surface area contributed by atoms with E-state index in [1.165, 1.54) is 11.8 Å². The number of aromatic amines is 1. The van der Waals surface area contributed by atoms with Gasteiger partial charge in [-0.1, -0.05) is 60.6 Å². The molecule has 3 heterocycles. The van der Waals surface area contributed by atoms with E-state index in [2.05, 4.69) is 10.1 Å². The minimum Gasteiger partial charge on any atom is -0.291 e. The van der Waals surface area contributed by atoms with Crippen molar-refractivity contribution in [3.8, 4) is 16.9 Å². The molecule has 1 aliphatic heterocycles. The Bertz CT molecular complexity index is 1470. The number of anilines is 1. The predicted molar refractivity (Wildman–Crippen MR) is 131 cm³/mol. The lowest BCUT2D eigenvalue weighted by Gasteiger charge is -2.31. The maximum atomic E-state index is 13.4. The van der Waals surface area contributed by atoms with Gasteiger partial charge in [-0.2, -0.15) is 5.10 Å². The first-order valence-electron chi connectivity index (χ1n) is 10.8. The van der Waals surface area contributed by atoms with Gasteiger partial charge < -0.3 is 0 Å². The standard InChI is InChI=1S/C24H21ClN6O2S/c1-4-18(32)29-17-13-9-8-12-16(17)20-22(33)26-24(34-3)28-31(20)23(29)19-14(2)27-30(21(19)25)15-10-6-5-7-11-15/h5-13,23H,4H2,1-3H3/p+1/t23-/m1/s1. The second-order valence-corrected chi connectivity index (χ2v) is 8.95. The summed E-state index contributed by atoms with van der Waals surface area (Å²) in [4.78, 5) is 31.1. The number of carbonyl (C=O) groups excluding carboxylic acids is 1. The van der Waals surface area contributed by atoms with Crippen molar-refractivity contribution >= 4 is 35.0 Å². The fourth-order valence-electron chi connectivity index (χ4n) is 4.31. The summed E-state index contributed by atoms with van der Waals surface area (Å²) in [5.74, 6) is -0.119. The van der Waals surface area contributed by atoms with Crippen molar-refractivity contribution in [2.75, 3.05) is 11.2 Å². The molecule has 172 valence electrons. The molecule has 0 spiro atoms. The molecule has 1 N–H and O–H groups in total. The molecule has 8 nitrogen and oxygen atoms in total. The van der Waals surface area contributed by atoms with Gasteiger partial charge in [0, 0.05) is 11.5 Å². The number of halogens is 1. The minimum absolute atomic E-state index is 0.119. The molecular weight excluding hydrogens is 472 g/mol. The lowest BCUT2D eigenvalue weighted by molar-refractivity contribution is -0.763. The third-order valence-electron chi connectivity index (χ3n) is 5.83. The van der Waals surface area contributed by atoms with Gasteiger partial charge >= 0.3 is 11.3 Å². The number of aryl methyl sites for hydroxylation is 1. The van der Waals surface area contributed by atoms with Crippen molar-refractivity contribution in [1.82, 2.24) is 19.9 Å². The van der Waals surface area contributed by atoms with Crippen LogP contribution < -0.4 is 15.1 Å². The van der Waals surface area contributed by atoms with Gasteiger partial charge in [0.1, 0.15) is 10.7 Å². The number of rotatable bonds is 4. The van der Waals surface area contributed by atoms with E-state index in [4.69, 9.17) is 16.7 Å². The number of aromatic nitrogens is 5. The Labute approximate surface area is 205 Å². The highest BCUT2D eigenvalue weighted by Gasteiger charge is 2.48. The predicted octanol–water partition coefficient (Wildman–Crippen LogP) is 3.90. The molecule has 0 aliphatic carbocycles. The maximum absolute atomic E-state index is 13.4. The van der Waals surface area contributed by atoms with Gasteiger partial charge in [0.2, 0.25) is 11.1 Å². The molecule has 0 saturated carbocycles. The van der Waals surface area contributed by atoms with E-state index in [0.29, 0.717) is 38.5 Å². The van der Waals surface area contributed by atoms with Crippen molar-refractivity contribution in [2.45, 2.75) is 31.6 Å². The van der Waals surface area contributed by atoms with Crippen LogP contribution >= 0.6 is 23.4 Å². The van der Waals surface area contributed by atoms with Gasteiger partial charge in [-0.3, -0.25) is 14.6 Å². The highest BCUT2D eigenvalue weighted by Crippen LogP contribution is 2.40. The number of thioether (sulfide) groups is 1. The van der Waals surface area contributed by atoms with E-state index in [1.807, 2.05) is 74.7 Å². The molecule has 1 aliphatic rings. The summed E-state index contributed by atoms with van der Waals surface area (Å²) < 4.78 is 3.25. The van der Waals surface area contributed by atoms with Crippen molar-refractivity contribution in [2.24, 2.45) is 0 Å². The Morgan fingerprint density at radius 2 is 1.88 bits per heavy atom. The van der Waals surface area contributed by atoms with Gasteiger partial charge in [0.15, 0.2) is 0 Å². The van der Waals surface area contributed by atoms with Crippen LogP contribution in [0.4, 0.5) is 5.69 Å². The van der Waals surface area contributed by atoms with E-state index in [9.17, 15) is 9.59 Å². The molecule has 4 aromatic rings. The highest BCUT2D eigenvalue weighted by molar-refractivity contribution is 7.98. The average molecular weight is 494 g/mol. The number of amides is 1. The van der Waals surface area contributed by atoms with Crippen LogP contribution in [0.5, 0.6) is 0 Å². The Morgan fingerprint density at radius 3 is 2.59 bits per heavy atom. The van der Waals surface area contributed by atoms with E-state index < -0.39 is 6.17 Å². The molecule has 1 amide bonds. The van der Waals surface area contributed by atoms with E-state index >= 15 is 0 Å². The number of nitrogens with one attached hydrogen (secondary N) is 1. The first-order chi connectivity index (χ1) is 16.5. The third-order valence-corrected chi connectivity index (χ3v) is 6.76. The number of H-pyrrole nitrogens is 1. The summed E-state index contributed by atoms with van der Waals surface area (Å²) in [6.45, 7) is 3.65. The largest absolute Gasteiger partial charge is 0.325 e. The van der Waals surface area contributed by atoms with Crippen LogP contribution in [0, 0.1) is 6.92 Å². The number of hydrogen-bond acceptors (Lipinski definition) is 5. The van der Waals surface area contributed by atoms with Crippen molar-refractivity contribution in [1.29, 1.82) is 0 Å². The second-order valence-electron chi connectivity index (χ2n) is 7.80. The van der Waals surface area contributed by atoms with Crippen molar-refractivity contribution in [3.05, 3.63) is 81.4 Å². The molecule has 2 aromatic heterocycles. The van der Waals surface area contributed by atoms with E-state index in [0.717, 1.165) is 5.69 Å². The lowest BCUT2D eigenvalue weighted by Crippen LogP contribution is -2.61. The molecule has 34 heavy (non-hydrogen) atoms. The minimum atomic E-state index is -0.782. The van der Waals surface area contributed by atoms with E-state index in [-0.39, 0.29) is 17.9 Å². The molecule has 0 unspecified atom stereocenters. The van der Waals surface area contributed by atoms with Gasteiger partial charge in [0.25, 0.3) is 6.17 Å². The Balaban J connectivity index is 1.85. The van der Waals surface area contributed by atoms with Crippen molar-refractivity contribution in [3.63, 3.8) is 0 Å². The number of nitrogens with zero attached hydrogens (tertiary/aromatic N) is 5. The first kappa shape index (κ1) is 22.4. The molecular formula is C24H22ClN6O2S+. The summed E-state index contributed by atoms with van der Waals surface area (Å²) in [5, 5.41) is 10.2. The van der Waals surface area contributed by atoms with Crippen molar-refractivity contribution < 1.29 is 9.48 Å². The number of hydrogen-bond donors (Lipinski definition) is 1. The fraction of sp³-hybridized carbons (Fsp3) is 0.208. The van der Waals surface area contributed by atoms with E-state index in [1.54, 1.807) is 14.3 Å². The fourth-order valence-corrected chi connectivity index (χ4v) is 5.04. The number of para-hydroxylation sites is 2. The number of carbonyl (C=O) groups is 1. The normalized spacial score (nSPS) is 14.6. The summed E-state index contributed by atoms with van der Waals surface area (Å²) in [7, 11) is 0. The van der Waals surface area contributed by atoms with Crippen LogP contribution in [0.2, 0.25) is 5.15 Å². The zero-order valence-corrected chi connectivity index (χ0v) is 20.4. The maximum Gasteiger partial charge on any atom is 0.325 e. The summed E-state index contributed by atoms with van der Waals surface area (Å²) in [6.07, 6.45) is 1.32. The van der Waals surface area contributed by atoms with Gasteiger partial charge in [-0.25, -0.2) is 9.58 Å². The lowest BCUT2D eigenvalue weighted by atomic mass is 10.0. The number of fused-ring (bicyclic) bond motifs is 3. The zero-order valence-electron chi connectivity index (χ0n) is 18.8. The molecule has 0 saturated heterocycles. The topological polar surface area (TPSA) is 87.8 Å². The average Bonchev–Trinajstić information content (AvgIpc) is 3.16. The highest BCUT2D eigenvalue weighted by atomic mass is 35.5. The zero-order chi connectivity index (χ0) is 24.0. The molecule has 0 fully saturated rings. The third kappa shape index (κ3) is 3.43. The van der Waals surface area contributed by atoms with Gasteiger partial charge in [0.05, 0.1) is 22.6 Å². The molecule has 10 heteroatoms. The van der Waals surface area contributed by atoms with Gasteiger partial charge in [-0.05, 0) is 42.1 Å². The Morgan fingerprint density at radius 1 is 1.18 bits per heavy atom. The quantitative estimate of drug-likeness (QED) is 0.344. The Kier molecular flexibility index (Phi) is 5.75. The van der Waals surface area contributed by atoms with Crippen LogP contribution in [0.1, 0.15) is 30.8 Å². The second kappa shape index (κ2) is 8.73. The molecule has 0 radical (unpaired) electrons. The smallest absolute Gasteiger partial charge is 0.291 e. The monoisotopic (exact) mass is 493 g/mol. The SMILES string of the molecule is CCC(=O)N1c2ccccc2-c2c(=O)[nH]c(SC)n[n+]2[C@@H]1c1c(C)nn(-c2ccccc2)c1Cl. The molecule has 5 rings (SSSR count). The van der Waals surface area contributed by atoms with Crippen LogP contribution in [0.25, 0.3) is 16.9 Å². The Hall–Kier alpha value is -3.43. The van der Waals surface area contributed by atoms with Gasteiger partial charge in [-0.15, -0.1) is 0 Å². The van der Waals surface area contributed by atoms with Crippen LogP contribution in [-0.2, 0) is 4.79 Å². The molecule has 1 atom stereocenters. The molecule has 2 aromatic carbocycles. The van der Waals surface area contributed by atoms with Crippen LogP contribution in [0.3, 0.4) is 0 Å². The summed E-state index contributed by atoms with van der Waals surface area (Å²) >= 11 is 8.26. The summed E-state index contributed by atoms with van der Waals surface area (Å²) in [6, 6.07) is 16.9. The van der Waals surface area contributed by atoms with Crippen LogP contribution in [-0.4, -0.2) is 32.0 Å².